The highest BCUT2D eigenvalue weighted by molar-refractivity contribution is 4.80. The Labute approximate surface area is 109 Å². The van der Waals surface area contributed by atoms with Crippen LogP contribution in [0.3, 0.4) is 0 Å². The van der Waals surface area contributed by atoms with E-state index in [0.717, 1.165) is 24.7 Å². The highest BCUT2D eigenvalue weighted by Crippen LogP contribution is 2.31. The molecule has 104 valence electrons. The third-order valence-electron chi connectivity index (χ3n) is 3.63. The van der Waals surface area contributed by atoms with Gasteiger partial charge in [-0.2, -0.15) is 0 Å². The predicted molar refractivity (Wildman–Crippen MR) is 77.4 cm³/mol. The lowest BCUT2D eigenvalue weighted by Crippen LogP contribution is -2.39. The zero-order chi connectivity index (χ0) is 13.7. The van der Waals surface area contributed by atoms with Crippen LogP contribution >= 0.6 is 0 Å². The molecule has 0 aliphatic carbocycles. The Balaban J connectivity index is 4.36. The van der Waals surface area contributed by atoms with Gasteiger partial charge in [-0.05, 0) is 52.4 Å². The quantitative estimate of drug-likeness (QED) is 0.551. The molecule has 0 spiro atoms. The van der Waals surface area contributed by atoms with E-state index >= 15 is 0 Å². The molecule has 17 heavy (non-hydrogen) atoms. The summed E-state index contributed by atoms with van der Waals surface area (Å²) >= 11 is 0. The molecule has 0 saturated carbocycles. The zero-order valence-electron chi connectivity index (χ0n) is 13.4. The van der Waals surface area contributed by atoms with E-state index in [9.17, 15) is 0 Å². The molecule has 1 heteroatoms. The van der Waals surface area contributed by atoms with Gasteiger partial charge in [-0.1, -0.05) is 40.5 Å². The second kappa shape index (κ2) is 6.78. The first kappa shape index (κ1) is 17.0. The van der Waals surface area contributed by atoms with E-state index in [1.165, 1.54) is 12.8 Å². The topological polar surface area (TPSA) is 9.23 Å². The first-order valence-corrected chi connectivity index (χ1v) is 7.32. The summed E-state index contributed by atoms with van der Waals surface area (Å²) in [5.41, 5.74) is -0.0151. The van der Waals surface area contributed by atoms with Crippen molar-refractivity contribution < 1.29 is 4.74 Å². The lowest BCUT2D eigenvalue weighted by atomic mass is 9.89. The monoisotopic (exact) mass is 242 g/mol. The molecule has 0 aliphatic heterocycles. The molecular weight excluding hydrogens is 208 g/mol. The van der Waals surface area contributed by atoms with Gasteiger partial charge in [0.1, 0.15) is 0 Å². The molecule has 0 N–H and O–H groups in total. The van der Waals surface area contributed by atoms with Gasteiger partial charge in [-0.15, -0.1) is 0 Å². The Hall–Kier alpha value is -0.0400. The lowest BCUT2D eigenvalue weighted by Gasteiger charge is -2.38. The van der Waals surface area contributed by atoms with Crippen LogP contribution in [0.1, 0.15) is 81.1 Å². The maximum Gasteiger partial charge on any atom is 0.0636 e. The minimum Gasteiger partial charge on any atom is -0.370 e. The number of hydrogen-bond acceptors (Lipinski definition) is 1. The SMILES string of the molecule is CCC(C)CC(C)(C)OC(C)(C)CC(C)CC. The van der Waals surface area contributed by atoms with Gasteiger partial charge in [0.25, 0.3) is 0 Å². The van der Waals surface area contributed by atoms with Gasteiger partial charge in [0.15, 0.2) is 0 Å². The van der Waals surface area contributed by atoms with Crippen molar-refractivity contribution >= 4 is 0 Å². The van der Waals surface area contributed by atoms with Crippen LogP contribution in [0.4, 0.5) is 0 Å². The van der Waals surface area contributed by atoms with Gasteiger partial charge in [-0.3, -0.25) is 0 Å². The fraction of sp³-hybridized carbons (Fsp3) is 1.00. The average molecular weight is 242 g/mol. The lowest BCUT2D eigenvalue weighted by molar-refractivity contribution is -0.139. The summed E-state index contributed by atoms with van der Waals surface area (Å²) in [7, 11) is 0. The summed E-state index contributed by atoms with van der Waals surface area (Å²) < 4.78 is 6.37. The van der Waals surface area contributed by atoms with Crippen LogP contribution < -0.4 is 0 Å². The molecule has 0 rings (SSSR count). The molecular formula is C16H34O. The van der Waals surface area contributed by atoms with E-state index in [0.29, 0.717) is 0 Å². The van der Waals surface area contributed by atoms with E-state index in [4.69, 9.17) is 4.74 Å². The van der Waals surface area contributed by atoms with Crippen LogP contribution in [0.25, 0.3) is 0 Å². The van der Waals surface area contributed by atoms with Crippen molar-refractivity contribution in [2.45, 2.75) is 92.3 Å². The van der Waals surface area contributed by atoms with E-state index in [2.05, 4.69) is 55.4 Å². The summed E-state index contributed by atoms with van der Waals surface area (Å²) in [6.45, 7) is 18.1. The van der Waals surface area contributed by atoms with Gasteiger partial charge in [0.2, 0.25) is 0 Å². The molecule has 2 unspecified atom stereocenters. The van der Waals surface area contributed by atoms with Crippen LogP contribution in [0, 0.1) is 11.8 Å². The molecule has 0 saturated heterocycles. The van der Waals surface area contributed by atoms with Gasteiger partial charge in [0.05, 0.1) is 11.2 Å². The van der Waals surface area contributed by atoms with Crippen LogP contribution in [-0.4, -0.2) is 11.2 Å². The van der Waals surface area contributed by atoms with Crippen molar-refractivity contribution in [2.24, 2.45) is 11.8 Å². The number of hydrogen-bond donors (Lipinski definition) is 0. The molecule has 0 amide bonds. The first-order valence-electron chi connectivity index (χ1n) is 7.32. The minimum atomic E-state index is -0.00755. The molecule has 2 atom stereocenters. The summed E-state index contributed by atoms with van der Waals surface area (Å²) in [5.74, 6) is 1.48. The average Bonchev–Trinajstić information content (AvgIpc) is 2.13. The molecule has 0 radical (unpaired) electrons. The van der Waals surface area contributed by atoms with Crippen LogP contribution in [-0.2, 0) is 4.74 Å². The van der Waals surface area contributed by atoms with Crippen molar-refractivity contribution in [3.63, 3.8) is 0 Å². The van der Waals surface area contributed by atoms with E-state index in [1.807, 2.05) is 0 Å². The number of rotatable bonds is 8. The normalized spacial score (nSPS) is 16.9. The van der Waals surface area contributed by atoms with Crippen LogP contribution in [0.2, 0.25) is 0 Å². The summed E-state index contributed by atoms with van der Waals surface area (Å²) in [6, 6.07) is 0. The predicted octanol–water partition coefficient (Wildman–Crippen LogP) is 5.43. The molecule has 0 fully saturated rings. The summed E-state index contributed by atoms with van der Waals surface area (Å²) in [4.78, 5) is 0. The van der Waals surface area contributed by atoms with Crippen molar-refractivity contribution in [1.82, 2.24) is 0 Å². The first-order chi connectivity index (χ1) is 7.62. The fourth-order valence-corrected chi connectivity index (χ4v) is 2.80. The zero-order valence-corrected chi connectivity index (χ0v) is 13.4. The fourth-order valence-electron chi connectivity index (χ4n) is 2.80. The van der Waals surface area contributed by atoms with Crippen molar-refractivity contribution in [3.05, 3.63) is 0 Å². The molecule has 0 aliphatic rings. The summed E-state index contributed by atoms with van der Waals surface area (Å²) in [5, 5.41) is 0. The van der Waals surface area contributed by atoms with Crippen LogP contribution in [0.15, 0.2) is 0 Å². The van der Waals surface area contributed by atoms with E-state index < -0.39 is 0 Å². The Morgan fingerprint density at radius 1 is 0.765 bits per heavy atom. The Kier molecular flexibility index (Phi) is 6.76. The third-order valence-corrected chi connectivity index (χ3v) is 3.63. The van der Waals surface area contributed by atoms with Gasteiger partial charge in [-0.25, -0.2) is 0 Å². The van der Waals surface area contributed by atoms with Crippen molar-refractivity contribution in [1.29, 1.82) is 0 Å². The molecule has 0 aromatic carbocycles. The molecule has 0 bridgehead atoms. The second-order valence-electron chi connectivity index (χ2n) is 7.06. The molecule has 1 nitrogen and oxygen atoms in total. The van der Waals surface area contributed by atoms with E-state index in [1.54, 1.807) is 0 Å². The molecule has 0 aromatic heterocycles. The number of ether oxygens (including phenoxy) is 1. The Bertz CT molecular complexity index is 184. The Morgan fingerprint density at radius 3 is 1.29 bits per heavy atom. The second-order valence-corrected chi connectivity index (χ2v) is 7.06. The molecule has 0 aromatic rings. The van der Waals surface area contributed by atoms with Gasteiger partial charge in [0, 0.05) is 0 Å². The maximum atomic E-state index is 6.37. The standard InChI is InChI=1S/C16H34O/c1-9-13(3)11-15(5,6)17-16(7,8)12-14(4)10-2/h13-14H,9-12H2,1-8H3. The largest absolute Gasteiger partial charge is 0.370 e. The van der Waals surface area contributed by atoms with E-state index in [-0.39, 0.29) is 11.2 Å². The Morgan fingerprint density at radius 2 is 1.06 bits per heavy atom. The van der Waals surface area contributed by atoms with Gasteiger partial charge >= 0.3 is 0 Å². The van der Waals surface area contributed by atoms with Gasteiger partial charge < -0.3 is 4.74 Å². The van der Waals surface area contributed by atoms with Crippen molar-refractivity contribution in [2.75, 3.05) is 0 Å². The van der Waals surface area contributed by atoms with Crippen molar-refractivity contribution in [3.8, 4) is 0 Å². The highest BCUT2D eigenvalue weighted by Gasteiger charge is 2.31. The maximum absolute atomic E-state index is 6.37. The highest BCUT2D eigenvalue weighted by atomic mass is 16.5. The van der Waals surface area contributed by atoms with Crippen LogP contribution in [0.5, 0.6) is 0 Å². The smallest absolute Gasteiger partial charge is 0.0636 e. The third kappa shape index (κ3) is 7.81. The minimum absolute atomic E-state index is 0.00755. The molecule has 0 heterocycles. The summed E-state index contributed by atoms with van der Waals surface area (Å²) in [6.07, 6.45) is 4.76.